The van der Waals surface area contributed by atoms with E-state index in [-0.39, 0.29) is 30.6 Å². The number of para-hydroxylation sites is 1. The van der Waals surface area contributed by atoms with Crippen molar-refractivity contribution in [1.82, 2.24) is 4.31 Å². The highest BCUT2D eigenvalue weighted by Gasteiger charge is 2.46. The summed E-state index contributed by atoms with van der Waals surface area (Å²) in [6.45, 7) is 0.473. The van der Waals surface area contributed by atoms with Crippen molar-refractivity contribution < 1.29 is 27.4 Å². The minimum absolute atomic E-state index is 0.105. The van der Waals surface area contributed by atoms with E-state index in [4.69, 9.17) is 14.2 Å². The molecule has 0 aliphatic carbocycles. The summed E-state index contributed by atoms with van der Waals surface area (Å²) in [6, 6.07) is 23.4. The first kappa shape index (κ1) is 24.8. The van der Waals surface area contributed by atoms with E-state index in [0.717, 1.165) is 11.1 Å². The fraction of sp³-hybridized carbons (Fsp3) is 0.296. The third-order valence-electron chi connectivity index (χ3n) is 6.48. The number of nitrogens with zero attached hydrogens (tertiary/aromatic N) is 1. The van der Waals surface area contributed by atoms with Crippen LogP contribution in [0.4, 0.5) is 0 Å². The van der Waals surface area contributed by atoms with Crippen molar-refractivity contribution in [2.24, 2.45) is 0 Å². The molecule has 3 aromatic rings. The number of carbonyl (C=O) groups is 1. The third-order valence-corrected chi connectivity index (χ3v) is 8.42. The zero-order chi connectivity index (χ0) is 24.9. The van der Waals surface area contributed by atoms with Crippen molar-refractivity contribution in [3.8, 4) is 11.5 Å². The molecule has 1 heterocycles. The largest absolute Gasteiger partial charge is 0.497 e. The summed E-state index contributed by atoms with van der Waals surface area (Å²) < 4.78 is 44.5. The summed E-state index contributed by atoms with van der Waals surface area (Å²) in [6.07, 6.45) is 0.616. The average molecular weight is 496 g/mol. The van der Waals surface area contributed by atoms with E-state index in [1.54, 1.807) is 25.3 Å². The standard InChI is InChI=1S/C27H29NO6S/c1-32-23-12-8-9-21(19-23)20-34-26(29)27(22-10-4-3-5-11-22)15-17-28(18-16-27)35(30,31)25-14-7-6-13-24(25)33-2/h3-14,19H,15-18,20H2,1-2H3. The first-order valence-corrected chi connectivity index (χ1v) is 12.8. The number of esters is 1. The van der Waals surface area contributed by atoms with Crippen LogP contribution in [0.5, 0.6) is 11.5 Å². The molecule has 0 radical (unpaired) electrons. The Morgan fingerprint density at radius 2 is 1.57 bits per heavy atom. The third kappa shape index (κ3) is 5.04. The van der Waals surface area contributed by atoms with Crippen LogP contribution in [0.2, 0.25) is 0 Å². The van der Waals surface area contributed by atoms with Crippen molar-refractivity contribution in [2.75, 3.05) is 27.3 Å². The van der Waals surface area contributed by atoms with Crippen LogP contribution in [0.25, 0.3) is 0 Å². The molecular weight excluding hydrogens is 466 g/mol. The fourth-order valence-corrected chi connectivity index (χ4v) is 6.09. The van der Waals surface area contributed by atoms with Crippen LogP contribution >= 0.6 is 0 Å². The van der Waals surface area contributed by atoms with E-state index in [1.807, 2.05) is 54.6 Å². The van der Waals surface area contributed by atoms with Crippen molar-refractivity contribution in [2.45, 2.75) is 29.8 Å². The van der Waals surface area contributed by atoms with Gasteiger partial charge in [0.25, 0.3) is 0 Å². The van der Waals surface area contributed by atoms with Gasteiger partial charge in [0.2, 0.25) is 10.0 Å². The summed E-state index contributed by atoms with van der Waals surface area (Å²) in [5.74, 6) is 0.622. The molecule has 184 valence electrons. The molecule has 0 atom stereocenters. The molecule has 1 aliphatic rings. The van der Waals surface area contributed by atoms with E-state index in [2.05, 4.69) is 0 Å². The van der Waals surface area contributed by atoms with E-state index >= 15 is 0 Å². The Bertz CT molecular complexity index is 1270. The molecule has 4 rings (SSSR count). The van der Waals surface area contributed by atoms with Crippen LogP contribution in [-0.2, 0) is 31.6 Å². The van der Waals surface area contributed by atoms with Gasteiger partial charge in [-0.25, -0.2) is 8.42 Å². The molecule has 0 amide bonds. The van der Waals surface area contributed by atoms with Crippen molar-refractivity contribution in [3.05, 3.63) is 90.0 Å². The van der Waals surface area contributed by atoms with Gasteiger partial charge in [-0.05, 0) is 48.2 Å². The van der Waals surface area contributed by atoms with E-state index in [1.165, 1.54) is 17.5 Å². The SMILES string of the molecule is COc1cccc(COC(=O)C2(c3ccccc3)CCN(S(=O)(=O)c3ccccc3OC)CC2)c1. The van der Waals surface area contributed by atoms with Gasteiger partial charge in [-0.1, -0.05) is 54.6 Å². The van der Waals surface area contributed by atoms with Gasteiger partial charge in [-0.3, -0.25) is 4.79 Å². The summed E-state index contributed by atoms with van der Waals surface area (Å²) >= 11 is 0. The summed E-state index contributed by atoms with van der Waals surface area (Å²) in [4.78, 5) is 13.7. The number of hydrogen-bond acceptors (Lipinski definition) is 6. The normalized spacial score (nSPS) is 15.8. The number of rotatable bonds is 8. The minimum atomic E-state index is -3.78. The van der Waals surface area contributed by atoms with Gasteiger partial charge < -0.3 is 14.2 Å². The van der Waals surface area contributed by atoms with Crippen LogP contribution in [-0.4, -0.2) is 46.0 Å². The number of carbonyl (C=O) groups excluding carboxylic acids is 1. The van der Waals surface area contributed by atoms with Gasteiger partial charge in [0.05, 0.1) is 19.6 Å². The molecule has 0 bridgehead atoms. The fourth-order valence-electron chi connectivity index (χ4n) is 4.50. The van der Waals surface area contributed by atoms with Gasteiger partial charge in [0.1, 0.15) is 23.0 Å². The van der Waals surface area contributed by atoms with Gasteiger partial charge in [-0.2, -0.15) is 4.31 Å². The maximum absolute atomic E-state index is 13.5. The molecule has 1 saturated heterocycles. The maximum atomic E-state index is 13.5. The second-order valence-corrected chi connectivity index (χ2v) is 10.3. The number of piperidine rings is 1. The lowest BCUT2D eigenvalue weighted by Crippen LogP contribution is -2.49. The minimum Gasteiger partial charge on any atom is -0.497 e. The lowest BCUT2D eigenvalue weighted by Gasteiger charge is -2.39. The van der Waals surface area contributed by atoms with Crippen molar-refractivity contribution >= 4 is 16.0 Å². The Morgan fingerprint density at radius 1 is 0.886 bits per heavy atom. The zero-order valence-corrected chi connectivity index (χ0v) is 20.7. The lowest BCUT2D eigenvalue weighted by molar-refractivity contribution is -0.153. The van der Waals surface area contributed by atoms with Crippen LogP contribution in [0.1, 0.15) is 24.0 Å². The number of benzene rings is 3. The number of methoxy groups -OCH3 is 2. The molecule has 0 aromatic heterocycles. The van der Waals surface area contributed by atoms with Gasteiger partial charge in [-0.15, -0.1) is 0 Å². The van der Waals surface area contributed by atoms with Crippen LogP contribution in [0.15, 0.2) is 83.8 Å². The molecule has 8 heteroatoms. The van der Waals surface area contributed by atoms with Crippen LogP contribution < -0.4 is 9.47 Å². The predicted molar refractivity (Wildman–Crippen MR) is 132 cm³/mol. The van der Waals surface area contributed by atoms with E-state index in [0.29, 0.717) is 24.3 Å². The number of sulfonamides is 1. The Labute approximate surface area is 206 Å². The molecule has 35 heavy (non-hydrogen) atoms. The van der Waals surface area contributed by atoms with Gasteiger partial charge in [0.15, 0.2) is 0 Å². The molecule has 1 fully saturated rings. The number of ether oxygens (including phenoxy) is 3. The Balaban J connectivity index is 1.56. The smallest absolute Gasteiger partial charge is 0.316 e. The Kier molecular flexibility index (Phi) is 7.42. The van der Waals surface area contributed by atoms with Crippen LogP contribution in [0, 0.1) is 0 Å². The molecule has 0 saturated carbocycles. The first-order valence-electron chi connectivity index (χ1n) is 11.4. The second-order valence-electron chi connectivity index (χ2n) is 8.43. The molecule has 0 N–H and O–H groups in total. The maximum Gasteiger partial charge on any atom is 0.316 e. The van der Waals surface area contributed by atoms with Crippen LogP contribution in [0.3, 0.4) is 0 Å². The average Bonchev–Trinajstić information content (AvgIpc) is 2.92. The molecule has 0 spiro atoms. The Hall–Kier alpha value is -3.36. The van der Waals surface area contributed by atoms with Crippen molar-refractivity contribution in [1.29, 1.82) is 0 Å². The highest BCUT2D eigenvalue weighted by molar-refractivity contribution is 7.89. The molecule has 1 aliphatic heterocycles. The highest BCUT2D eigenvalue weighted by Crippen LogP contribution is 2.39. The molecular formula is C27H29NO6S. The van der Waals surface area contributed by atoms with Crippen molar-refractivity contribution in [3.63, 3.8) is 0 Å². The summed E-state index contributed by atoms with van der Waals surface area (Å²) in [7, 11) is -0.750. The molecule has 3 aromatic carbocycles. The molecule has 0 unspecified atom stereocenters. The first-order chi connectivity index (χ1) is 16.9. The second kappa shape index (κ2) is 10.5. The lowest BCUT2D eigenvalue weighted by atomic mass is 9.73. The van der Waals surface area contributed by atoms with Gasteiger partial charge in [0, 0.05) is 13.1 Å². The molecule has 7 nitrogen and oxygen atoms in total. The topological polar surface area (TPSA) is 82.1 Å². The van der Waals surface area contributed by atoms with Gasteiger partial charge >= 0.3 is 5.97 Å². The monoisotopic (exact) mass is 495 g/mol. The number of hydrogen-bond donors (Lipinski definition) is 0. The quantitative estimate of drug-likeness (QED) is 0.436. The highest BCUT2D eigenvalue weighted by atomic mass is 32.2. The zero-order valence-electron chi connectivity index (χ0n) is 19.8. The predicted octanol–water partition coefficient (Wildman–Crippen LogP) is 4.17. The van der Waals surface area contributed by atoms with E-state index in [9.17, 15) is 13.2 Å². The summed E-state index contributed by atoms with van der Waals surface area (Å²) in [5.41, 5.74) is 0.703. The van der Waals surface area contributed by atoms with E-state index < -0.39 is 15.4 Å². The summed E-state index contributed by atoms with van der Waals surface area (Å²) in [5, 5.41) is 0. The Morgan fingerprint density at radius 3 is 2.26 bits per heavy atom.